The Morgan fingerprint density at radius 1 is 1.23 bits per heavy atom. The van der Waals surface area contributed by atoms with E-state index in [0.717, 1.165) is 23.4 Å². The summed E-state index contributed by atoms with van der Waals surface area (Å²) in [7, 11) is 0. The molecule has 0 atom stereocenters. The lowest BCUT2D eigenvalue weighted by atomic mass is 9.94. The number of piperidine rings is 1. The maximum atomic E-state index is 12.9. The van der Waals surface area contributed by atoms with Crippen molar-refractivity contribution < 1.29 is 13.7 Å². The van der Waals surface area contributed by atoms with Crippen molar-refractivity contribution in [2.45, 2.75) is 52.5 Å². The van der Waals surface area contributed by atoms with Gasteiger partial charge in [0.1, 0.15) is 5.82 Å². The maximum Gasteiger partial charge on any atom is 0.163 e. The van der Waals surface area contributed by atoms with Crippen LogP contribution in [0.1, 0.15) is 56.8 Å². The molecule has 0 saturated carbocycles. The lowest BCUT2D eigenvalue weighted by Gasteiger charge is -2.46. The van der Waals surface area contributed by atoms with Gasteiger partial charge in [0, 0.05) is 18.4 Å². The molecule has 0 amide bonds. The van der Waals surface area contributed by atoms with Gasteiger partial charge in [-0.25, -0.2) is 4.39 Å². The summed E-state index contributed by atoms with van der Waals surface area (Å²) in [6.07, 6.45) is 4.07. The van der Waals surface area contributed by atoms with E-state index >= 15 is 0 Å². The van der Waals surface area contributed by atoms with Gasteiger partial charge in [0.25, 0.3) is 0 Å². The zero-order chi connectivity index (χ0) is 16.2. The summed E-state index contributed by atoms with van der Waals surface area (Å²) in [6.45, 7) is 10.5. The lowest BCUT2D eigenvalue weighted by molar-refractivity contribution is -0.953. The second kappa shape index (κ2) is 7.36. The lowest BCUT2D eigenvalue weighted by Crippen LogP contribution is -2.57. The molecule has 122 valence electrons. The number of likely N-dealkylation sites (tertiary alicyclic amines) is 1. The zero-order valence-electron chi connectivity index (χ0n) is 14.1. The third kappa shape index (κ3) is 4.16. The number of hydrogen-bond acceptors (Lipinski definition) is 1. The Bertz CT molecular complexity index is 487. The van der Waals surface area contributed by atoms with Crippen LogP contribution in [0, 0.1) is 11.7 Å². The van der Waals surface area contributed by atoms with Crippen molar-refractivity contribution in [2.24, 2.45) is 5.92 Å². The van der Waals surface area contributed by atoms with Gasteiger partial charge in [-0.1, -0.05) is 6.92 Å². The van der Waals surface area contributed by atoms with Gasteiger partial charge < -0.3 is 4.48 Å². The summed E-state index contributed by atoms with van der Waals surface area (Å²) < 4.78 is 14.1. The molecule has 0 bridgehead atoms. The molecule has 1 heterocycles. The van der Waals surface area contributed by atoms with E-state index in [4.69, 9.17) is 0 Å². The SMILES string of the molecule is CC1CC[N+](CCCC(=O)c2ccc(F)cc2)(C(C)C)CC1. The highest BCUT2D eigenvalue weighted by Crippen LogP contribution is 2.27. The highest BCUT2D eigenvalue weighted by Gasteiger charge is 2.34. The smallest absolute Gasteiger partial charge is 0.163 e. The molecule has 22 heavy (non-hydrogen) atoms. The van der Waals surface area contributed by atoms with Crippen molar-refractivity contribution >= 4 is 5.78 Å². The summed E-state index contributed by atoms with van der Waals surface area (Å²) in [6, 6.07) is 6.52. The Hall–Kier alpha value is -1.22. The van der Waals surface area contributed by atoms with Gasteiger partial charge >= 0.3 is 0 Å². The van der Waals surface area contributed by atoms with Gasteiger partial charge in [0.2, 0.25) is 0 Å². The van der Waals surface area contributed by atoms with E-state index < -0.39 is 0 Å². The highest BCUT2D eigenvalue weighted by molar-refractivity contribution is 5.95. The molecular formula is C19H29FNO+. The largest absolute Gasteiger partial charge is 0.322 e. The molecule has 0 N–H and O–H groups in total. The van der Waals surface area contributed by atoms with E-state index in [1.54, 1.807) is 12.1 Å². The second-order valence-electron chi connectivity index (χ2n) is 7.20. The van der Waals surface area contributed by atoms with Crippen LogP contribution in [0.5, 0.6) is 0 Å². The number of quaternary nitrogens is 1. The molecule has 1 aliphatic rings. The molecule has 0 unspecified atom stereocenters. The second-order valence-corrected chi connectivity index (χ2v) is 7.20. The van der Waals surface area contributed by atoms with Crippen LogP contribution in [0.25, 0.3) is 0 Å². The molecule has 1 aliphatic heterocycles. The van der Waals surface area contributed by atoms with Gasteiger partial charge in [-0.15, -0.1) is 0 Å². The van der Waals surface area contributed by atoms with Crippen molar-refractivity contribution in [1.29, 1.82) is 0 Å². The fourth-order valence-electron chi connectivity index (χ4n) is 3.54. The summed E-state index contributed by atoms with van der Waals surface area (Å²) in [5, 5.41) is 0. The van der Waals surface area contributed by atoms with Crippen LogP contribution in [0.3, 0.4) is 0 Å². The van der Waals surface area contributed by atoms with Gasteiger partial charge in [-0.05, 0) is 56.9 Å². The number of hydrogen-bond donors (Lipinski definition) is 0. The monoisotopic (exact) mass is 306 g/mol. The molecule has 2 rings (SSSR count). The Balaban J connectivity index is 1.88. The summed E-state index contributed by atoms with van der Waals surface area (Å²) in [5.74, 6) is 0.682. The minimum atomic E-state index is -0.289. The van der Waals surface area contributed by atoms with Gasteiger partial charge in [-0.3, -0.25) is 4.79 Å². The number of carbonyl (C=O) groups is 1. The maximum absolute atomic E-state index is 12.9. The van der Waals surface area contributed by atoms with E-state index in [1.165, 1.54) is 38.1 Å². The first-order chi connectivity index (χ1) is 10.4. The quantitative estimate of drug-likeness (QED) is 0.561. The number of rotatable bonds is 6. The topological polar surface area (TPSA) is 17.1 Å². The predicted molar refractivity (Wildman–Crippen MR) is 88.4 cm³/mol. The Kier molecular flexibility index (Phi) is 5.74. The third-order valence-corrected chi connectivity index (χ3v) is 5.40. The van der Waals surface area contributed by atoms with Crippen molar-refractivity contribution in [2.75, 3.05) is 19.6 Å². The van der Waals surface area contributed by atoms with Gasteiger partial charge in [0.05, 0.1) is 25.7 Å². The van der Waals surface area contributed by atoms with Gasteiger partial charge in [-0.2, -0.15) is 0 Å². The fourth-order valence-corrected chi connectivity index (χ4v) is 3.54. The average Bonchev–Trinajstić information content (AvgIpc) is 2.50. The minimum absolute atomic E-state index is 0.132. The average molecular weight is 306 g/mol. The van der Waals surface area contributed by atoms with E-state index in [0.29, 0.717) is 18.0 Å². The van der Waals surface area contributed by atoms with Crippen LogP contribution >= 0.6 is 0 Å². The molecule has 0 radical (unpaired) electrons. The summed E-state index contributed by atoms with van der Waals surface area (Å²) >= 11 is 0. The normalized spacial score (nSPS) is 25.4. The van der Waals surface area contributed by atoms with Gasteiger partial charge in [0.15, 0.2) is 5.78 Å². The molecule has 3 heteroatoms. The number of halogens is 1. The Morgan fingerprint density at radius 2 is 1.82 bits per heavy atom. The highest BCUT2D eigenvalue weighted by atomic mass is 19.1. The number of carbonyl (C=O) groups excluding carboxylic acids is 1. The molecule has 1 saturated heterocycles. The van der Waals surface area contributed by atoms with E-state index in [-0.39, 0.29) is 11.6 Å². The zero-order valence-corrected chi connectivity index (χ0v) is 14.1. The molecule has 2 nitrogen and oxygen atoms in total. The molecular weight excluding hydrogens is 277 g/mol. The molecule has 0 spiro atoms. The minimum Gasteiger partial charge on any atom is -0.322 e. The first kappa shape index (κ1) is 17.1. The molecule has 1 fully saturated rings. The van der Waals surface area contributed by atoms with E-state index in [1.807, 2.05) is 0 Å². The first-order valence-corrected chi connectivity index (χ1v) is 8.57. The van der Waals surface area contributed by atoms with Crippen LogP contribution in [0.4, 0.5) is 4.39 Å². The third-order valence-electron chi connectivity index (χ3n) is 5.40. The molecule has 1 aromatic rings. The van der Waals surface area contributed by atoms with Crippen molar-refractivity contribution in [3.8, 4) is 0 Å². The van der Waals surface area contributed by atoms with Crippen LogP contribution in [-0.4, -0.2) is 35.9 Å². The predicted octanol–water partition coefficient (Wildman–Crippen LogP) is 4.44. The fraction of sp³-hybridized carbons (Fsp3) is 0.632. The van der Waals surface area contributed by atoms with Crippen LogP contribution in [0.15, 0.2) is 24.3 Å². The van der Waals surface area contributed by atoms with Crippen LogP contribution in [0.2, 0.25) is 0 Å². The van der Waals surface area contributed by atoms with Crippen molar-refractivity contribution in [1.82, 2.24) is 0 Å². The van der Waals surface area contributed by atoms with E-state index in [2.05, 4.69) is 20.8 Å². The van der Waals surface area contributed by atoms with Crippen molar-refractivity contribution in [3.05, 3.63) is 35.6 Å². The summed E-state index contributed by atoms with van der Waals surface area (Å²) in [4.78, 5) is 12.2. The number of Topliss-reactive ketones (excluding diaryl/α,β-unsaturated/α-hetero) is 1. The Labute approximate surface area is 133 Å². The molecule has 0 aliphatic carbocycles. The number of benzene rings is 1. The number of ketones is 1. The standard InChI is InChI=1S/C19H29FNO/c1-15(2)21(13-10-16(3)11-14-21)12-4-5-19(22)17-6-8-18(20)9-7-17/h6-9,15-16H,4-5,10-14H2,1-3H3/q+1. The van der Waals surface area contributed by atoms with E-state index in [9.17, 15) is 9.18 Å². The first-order valence-electron chi connectivity index (χ1n) is 8.57. The van der Waals surface area contributed by atoms with Crippen molar-refractivity contribution in [3.63, 3.8) is 0 Å². The molecule has 1 aromatic carbocycles. The van der Waals surface area contributed by atoms with Crippen LogP contribution < -0.4 is 0 Å². The summed E-state index contributed by atoms with van der Waals surface area (Å²) in [5.41, 5.74) is 0.629. The van der Waals surface area contributed by atoms with Crippen LogP contribution in [-0.2, 0) is 0 Å². The number of nitrogens with zero attached hydrogens (tertiary/aromatic N) is 1. The molecule has 0 aromatic heterocycles. The Morgan fingerprint density at radius 3 is 2.36 bits per heavy atom.